The first-order valence-corrected chi connectivity index (χ1v) is 10.5. The Bertz CT molecular complexity index is 1150. The Hall–Kier alpha value is -2.83. The Kier molecular flexibility index (Phi) is 4.83. The maximum absolute atomic E-state index is 13.2. The molecule has 28 heavy (non-hydrogen) atoms. The lowest BCUT2D eigenvalue weighted by atomic mass is 10.2. The minimum absolute atomic E-state index is 0.0562. The fraction of sp³-hybridized carbons (Fsp3) is 0.0952. The van der Waals surface area contributed by atoms with Crippen LogP contribution >= 0.6 is 11.6 Å². The Morgan fingerprint density at radius 3 is 2.46 bits per heavy atom. The van der Waals surface area contributed by atoms with Gasteiger partial charge in [0.1, 0.15) is 10.6 Å². The Balaban J connectivity index is 1.68. The van der Waals surface area contributed by atoms with Gasteiger partial charge in [0.2, 0.25) is 0 Å². The van der Waals surface area contributed by atoms with Crippen LogP contribution in [0, 0.1) is 0 Å². The smallest absolute Gasteiger partial charge is 0.343 e. The molecule has 0 radical (unpaired) electrons. The average Bonchev–Trinajstić information content (AvgIpc) is 3.14. The molecule has 0 bridgehead atoms. The van der Waals surface area contributed by atoms with E-state index < -0.39 is 16.0 Å². The summed E-state index contributed by atoms with van der Waals surface area (Å²) < 4.78 is 33.1. The highest BCUT2D eigenvalue weighted by Gasteiger charge is 2.32. The topological polar surface area (TPSA) is 63.7 Å². The molecule has 1 aliphatic rings. The zero-order chi connectivity index (χ0) is 19.7. The largest absolute Gasteiger partial charge is 0.423 e. The van der Waals surface area contributed by atoms with E-state index in [9.17, 15) is 13.2 Å². The Morgan fingerprint density at radius 2 is 1.68 bits per heavy atom. The summed E-state index contributed by atoms with van der Waals surface area (Å²) in [5.74, 6) is -0.276. The molecule has 142 valence electrons. The SMILES string of the molecule is O=C(Oc1ccccc1)c1ccc(Cl)c(S(=O)(=O)N2CCc3ccccc32)c1. The molecule has 3 aromatic carbocycles. The van der Waals surface area contributed by atoms with Gasteiger partial charge in [0.15, 0.2) is 0 Å². The van der Waals surface area contributed by atoms with Crippen molar-refractivity contribution >= 4 is 33.3 Å². The molecule has 7 heteroatoms. The number of sulfonamides is 1. The highest BCUT2D eigenvalue weighted by Crippen LogP contribution is 2.35. The van der Waals surface area contributed by atoms with Gasteiger partial charge < -0.3 is 4.74 Å². The number of carbonyl (C=O) groups excluding carboxylic acids is 1. The second kappa shape index (κ2) is 7.30. The number of nitrogens with zero attached hydrogens (tertiary/aromatic N) is 1. The molecule has 0 saturated carbocycles. The number of ether oxygens (including phenoxy) is 1. The number of hydrogen-bond donors (Lipinski definition) is 0. The number of hydrogen-bond acceptors (Lipinski definition) is 4. The zero-order valence-corrected chi connectivity index (χ0v) is 16.3. The fourth-order valence-corrected chi connectivity index (χ4v) is 5.17. The van der Waals surface area contributed by atoms with E-state index in [0.717, 1.165) is 5.56 Å². The van der Waals surface area contributed by atoms with Crippen molar-refractivity contribution in [2.75, 3.05) is 10.8 Å². The zero-order valence-electron chi connectivity index (χ0n) is 14.7. The van der Waals surface area contributed by atoms with E-state index in [2.05, 4.69) is 0 Å². The molecule has 0 saturated heterocycles. The number of carbonyl (C=O) groups is 1. The Morgan fingerprint density at radius 1 is 0.964 bits per heavy atom. The molecule has 1 aliphatic heterocycles. The lowest BCUT2D eigenvalue weighted by Gasteiger charge is -2.20. The number of benzene rings is 3. The van der Waals surface area contributed by atoms with E-state index in [1.165, 1.54) is 22.5 Å². The van der Waals surface area contributed by atoms with Crippen molar-refractivity contribution in [2.24, 2.45) is 0 Å². The lowest BCUT2D eigenvalue weighted by molar-refractivity contribution is 0.0734. The number of rotatable bonds is 4. The summed E-state index contributed by atoms with van der Waals surface area (Å²) in [6.07, 6.45) is 0.628. The van der Waals surface area contributed by atoms with Crippen LogP contribution in [0.15, 0.2) is 77.7 Å². The summed E-state index contributed by atoms with van der Waals surface area (Å²) in [6.45, 7) is 0.330. The summed E-state index contributed by atoms with van der Waals surface area (Å²) in [6, 6.07) is 20.0. The number of halogens is 1. The maximum Gasteiger partial charge on any atom is 0.343 e. The Labute approximate surface area is 168 Å². The van der Waals surface area contributed by atoms with Gasteiger partial charge in [-0.3, -0.25) is 4.31 Å². The van der Waals surface area contributed by atoms with Gasteiger partial charge in [-0.05, 0) is 48.4 Å². The van der Waals surface area contributed by atoms with Crippen LogP contribution in [0.5, 0.6) is 5.75 Å². The molecule has 0 fully saturated rings. The predicted molar refractivity (Wildman–Crippen MR) is 108 cm³/mol. The third kappa shape index (κ3) is 3.37. The number of para-hydroxylation sites is 2. The first-order valence-electron chi connectivity index (χ1n) is 8.64. The van der Waals surface area contributed by atoms with Gasteiger partial charge in [0.05, 0.1) is 16.3 Å². The van der Waals surface area contributed by atoms with Crippen molar-refractivity contribution in [3.8, 4) is 5.75 Å². The third-order valence-electron chi connectivity index (χ3n) is 4.53. The van der Waals surface area contributed by atoms with E-state index >= 15 is 0 Å². The normalized spacial score (nSPS) is 13.2. The molecule has 0 spiro atoms. The van der Waals surface area contributed by atoms with Crippen molar-refractivity contribution in [3.63, 3.8) is 0 Å². The molecule has 0 aliphatic carbocycles. The first kappa shape index (κ1) is 18.5. The maximum atomic E-state index is 13.2. The summed E-state index contributed by atoms with van der Waals surface area (Å²) >= 11 is 6.19. The van der Waals surface area contributed by atoms with Crippen molar-refractivity contribution in [3.05, 3.63) is 88.9 Å². The summed E-state index contributed by atoms with van der Waals surface area (Å²) in [4.78, 5) is 12.3. The van der Waals surface area contributed by atoms with Crippen LogP contribution in [0.25, 0.3) is 0 Å². The van der Waals surface area contributed by atoms with E-state index in [0.29, 0.717) is 24.4 Å². The van der Waals surface area contributed by atoms with Crippen LogP contribution in [0.1, 0.15) is 15.9 Å². The highest BCUT2D eigenvalue weighted by atomic mass is 35.5. The van der Waals surface area contributed by atoms with Gasteiger partial charge in [-0.2, -0.15) is 0 Å². The van der Waals surface area contributed by atoms with Crippen LogP contribution in [-0.2, 0) is 16.4 Å². The monoisotopic (exact) mass is 413 g/mol. The summed E-state index contributed by atoms with van der Waals surface area (Å²) in [7, 11) is -3.92. The molecular weight excluding hydrogens is 398 g/mol. The van der Waals surface area contributed by atoms with Crippen LogP contribution in [0.4, 0.5) is 5.69 Å². The number of esters is 1. The first-order chi connectivity index (χ1) is 13.5. The van der Waals surface area contributed by atoms with Crippen LogP contribution in [0.3, 0.4) is 0 Å². The van der Waals surface area contributed by atoms with Crippen molar-refractivity contribution in [1.82, 2.24) is 0 Å². The molecular formula is C21H16ClNO4S. The van der Waals surface area contributed by atoms with E-state index in [-0.39, 0.29) is 15.5 Å². The minimum atomic E-state index is -3.92. The highest BCUT2D eigenvalue weighted by molar-refractivity contribution is 7.93. The van der Waals surface area contributed by atoms with Gasteiger partial charge >= 0.3 is 5.97 Å². The van der Waals surface area contributed by atoms with Crippen molar-refractivity contribution in [2.45, 2.75) is 11.3 Å². The molecule has 0 amide bonds. The van der Waals surface area contributed by atoms with Gasteiger partial charge in [-0.25, -0.2) is 13.2 Å². The molecule has 1 heterocycles. The number of fused-ring (bicyclic) bond motifs is 1. The molecule has 0 aromatic heterocycles. The lowest BCUT2D eigenvalue weighted by Crippen LogP contribution is -2.29. The predicted octanol–water partition coefficient (Wildman–Crippen LogP) is 4.31. The molecule has 3 aromatic rings. The van der Waals surface area contributed by atoms with Crippen molar-refractivity contribution < 1.29 is 17.9 Å². The molecule has 0 unspecified atom stereocenters. The van der Waals surface area contributed by atoms with Gasteiger partial charge in [-0.15, -0.1) is 0 Å². The second-order valence-corrected chi connectivity index (χ2v) is 8.54. The summed E-state index contributed by atoms with van der Waals surface area (Å²) in [5, 5.41) is 0.0562. The number of anilines is 1. The quantitative estimate of drug-likeness (QED) is 0.472. The van der Waals surface area contributed by atoms with Crippen LogP contribution < -0.4 is 9.04 Å². The van der Waals surface area contributed by atoms with E-state index in [1.807, 2.05) is 12.1 Å². The van der Waals surface area contributed by atoms with E-state index in [4.69, 9.17) is 16.3 Å². The summed E-state index contributed by atoms with van der Waals surface area (Å²) in [5.41, 5.74) is 1.71. The second-order valence-electron chi connectivity index (χ2n) is 6.30. The van der Waals surface area contributed by atoms with Gasteiger partial charge in [0.25, 0.3) is 10.0 Å². The fourth-order valence-electron chi connectivity index (χ4n) is 3.16. The minimum Gasteiger partial charge on any atom is -0.423 e. The van der Waals surface area contributed by atoms with Gasteiger partial charge in [0, 0.05) is 6.54 Å². The van der Waals surface area contributed by atoms with Crippen LogP contribution in [-0.4, -0.2) is 20.9 Å². The molecule has 0 N–H and O–H groups in total. The average molecular weight is 414 g/mol. The standard InChI is InChI=1S/C21H16ClNO4S/c22-18-11-10-16(21(24)27-17-7-2-1-3-8-17)14-20(18)28(25,26)23-13-12-15-6-4-5-9-19(15)23/h1-11,14H,12-13H2. The molecule has 0 atom stereocenters. The third-order valence-corrected chi connectivity index (χ3v) is 6.83. The molecule has 4 rings (SSSR count). The van der Waals surface area contributed by atoms with Crippen molar-refractivity contribution in [1.29, 1.82) is 0 Å². The van der Waals surface area contributed by atoms with Gasteiger partial charge in [-0.1, -0.05) is 48.0 Å². The van der Waals surface area contributed by atoms with Crippen LogP contribution in [0.2, 0.25) is 5.02 Å². The molecule has 5 nitrogen and oxygen atoms in total. The van der Waals surface area contributed by atoms with E-state index in [1.54, 1.807) is 42.5 Å².